The van der Waals surface area contributed by atoms with Gasteiger partial charge in [0.05, 0.1) is 6.04 Å². The smallest absolute Gasteiger partial charge is 0.258 e. The standard InChI is InChI=1S/C24H27ClFN3O3/c25-19-5-3-6-20(26)24(19)21(28-12-1-2-13-28)15-27-22(30)16-32-18-10-8-17(9-11-18)29-14-4-7-23(29)31/h3,5-6,8-11,21H,1-2,4,7,12-16H2,(H,27,30). The van der Waals surface area contributed by atoms with Crippen LogP contribution in [0.5, 0.6) is 5.75 Å². The van der Waals surface area contributed by atoms with Gasteiger partial charge >= 0.3 is 0 Å². The first-order valence-electron chi connectivity index (χ1n) is 11.0. The lowest BCUT2D eigenvalue weighted by Gasteiger charge is -2.29. The molecule has 4 rings (SSSR count). The molecule has 2 aromatic rings. The van der Waals surface area contributed by atoms with E-state index in [1.165, 1.54) is 6.07 Å². The van der Waals surface area contributed by atoms with E-state index in [4.69, 9.17) is 16.3 Å². The predicted molar refractivity (Wildman–Crippen MR) is 121 cm³/mol. The van der Waals surface area contributed by atoms with Crippen molar-refractivity contribution in [1.29, 1.82) is 0 Å². The van der Waals surface area contributed by atoms with Gasteiger partial charge in [0.25, 0.3) is 5.91 Å². The van der Waals surface area contributed by atoms with E-state index in [0.717, 1.165) is 44.6 Å². The molecular weight excluding hydrogens is 433 g/mol. The molecular formula is C24H27ClFN3O3. The first-order valence-corrected chi connectivity index (χ1v) is 11.4. The fourth-order valence-electron chi connectivity index (χ4n) is 4.35. The van der Waals surface area contributed by atoms with E-state index >= 15 is 0 Å². The van der Waals surface area contributed by atoms with Gasteiger partial charge in [-0.15, -0.1) is 0 Å². The van der Waals surface area contributed by atoms with Crippen molar-refractivity contribution >= 4 is 29.1 Å². The van der Waals surface area contributed by atoms with Crippen LogP contribution in [0.4, 0.5) is 10.1 Å². The normalized spacial score (nSPS) is 17.6. The predicted octanol–water partition coefficient (Wildman–Crippen LogP) is 3.94. The number of ether oxygens (including phenoxy) is 1. The number of hydrogen-bond acceptors (Lipinski definition) is 4. The second-order valence-corrected chi connectivity index (χ2v) is 8.54. The van der Waals surface area contributed by atoms with Crippen molar-refractivity contribution in [3.8, 4) is 5.75 Å². The lowest BCUT2D eigenvalue weighted by molar-refractivity contribution is -0.123. The number of hydrogen-bond donors (Lipinski definition) is 1. The Morgan fingerprint density at radius 3 is 2.50 bits per heavy atom. The van der Waals surface area contributed by atoms with E-state index in [1.54, 1.807) is 29.2 Å². The summed E-state index contributed by atoms with van der Waals surface area (Å²) in [6.07, 6.45) is 3.53. The molecule has 0 radical (unpaired) electrons. The Balaban J connectivity index is 1.33. The highest BCUT2D eigenvalue weighted by Gasteiger charge is 2.28. The Morgan fingerprint density at radius 1 is 1.09 bits per heavy atom. The molecule has 0 bridgehead atoms. The summed E-state index contributed by atoms with van der Waals surface area (Å²) in [5.41, 5.74) is 1.25. The third-order valence-electron chi connectivity index (χ3n) is 6.00. The van der Waals surface area contributed by atoms with Crippen molar-refractivity contribution in [3.05, 3.63) is 58.9 Å². The highest BCUT2D eigenvalue weighted by molar-refractivity contribution is 6.31. The molecule has 0 aromatic heterocycles. The fraction of sp³-hybridized carbons (Fsp3) is 0.417. The van der Waals surface area contributed by atoms with Crippen LogP contribution in [0.2, 0.25) is 5.02 Å². The van der Waals surface area contributed by atoms with E-state index < -0.39 is 0 Å². The second kappa shape index (κ2) is 10.3. The topological polar surface area (TPSA) is 61.9 Å². The number of nitrogens with zero attached hydrogens (tertiary/aromatic N) is 2. The maximum absolute atomic E-state index is 14.5. The van der Waals surface area contributed by atoms with Crippen LogP contribution in [0.3, 0.4) is 0 Å². The number of nitrogens with one attached hydrogen (secondary N) is 1. The first kappa shape index (κ1) is 22.6. The number of carbonyl (C=O) groups is 2. The molecule has 2 aliphatic heterocycles. The Morgan fingerprint density at radius 2 is 1.84 bits per heavy atom. The van der Waals surface area contributed by atoms with E-state index in [-0.39, 0.29) is 36.8 Å². The number of rotatable bonds is 8. The van der Waals surface area contributed by atoms with Crippen molar-refractivity contribution in [2.45, 2.75) is 31.7 Å². The minimum Gasteiger partial charge on any atom is -0.484 e. The Labute approximate surface area is 192 Å². The average Bonchev–Trinajstić information content (AvgIpc) is 3.47. The number of anilines is 1. The van der Waals surface area contributed by atoms with E-state index in [0.29, 0.717) is 22.8 Å². The minimum atomic E-state index is -0.364. The summed E-state index contributed by atoms with van der Waals surface area (Å²) in [6.45, 7) is 2.51. The summed E-state index contributed by atoms with van der Waals surface area (Å²) in [4.78, 5) is 28.2. The summed E-state index contributed by atoms with van der Waals surface area (Å²) < 4.78 is 20.1. The third kappa shape index (κ3) is 5.22. The van der Waals surface area contributed by atoms with Gasteiger partial charge in [0.15, 0.2) is 6.61 Å². The van der Waals surface area contributed by atoms with Crippen LogP contribution in [-0.2, 0) is 9.59 Å². The Hall–Kier alpha value is -2.64. The summed E-state index contributed by atoms with van der Waals surface area (Å²) in [6, 6.07) is 11.5. The van der Waals surface area contributed by atoms with Gasteiger partial charge < -0.3 is 15.0 Å². The van der Waals surface area contributed by atoms with E-state index in [1.807, 2.05) is 12.1 Å². The first-order chi connectivity index (χ1) is 15.5. The SMILES string of the molecule is O=C(COc1ccc(N2CCCC2=O)cc1)NCC(c1c(F)cccc1Cl)N1CCCC1. The molecule has 170 valence electrons. The van der Waals surface area contributed by atoms with E-state index in [9.17, 15) is 14.0 Å². The number of likely N-dealkylation sites (tertiary alicyclic amines) is 1. The quantitative estimate of drug-likeness (QED) is 0.649. The Kier molecular flexibility index (Phi) is 7.27. The van der Waals surface area contributed by atoms with Gasteiger partial charge in [-0.05, 0) is 68.8 Å². The summed E-state index contributed by atoms with van der Waals surface area (Å²) >= 11 is 6.30. The van der Waals surface area contributed by atoms with Crippen molar-refractivity contribution in [3.63, 3.8) is 0 Å². The van der Waals surface area contributed by atoms with Gasteiger partial charge in [-0.2, -0.15) is 0 Å². The zero-order chi connectivity index (χ0) is 22.5. The molecule has 6 nitrogen and oxygen atoms in total. The zero-order valence-electron chi connectivity index (χ0n) is 17.9. The van der Waals surface area contributed by atoms with Crippen LogP contribution in [0, 0.1) is 5.82 Å². The minimum absolute atomic E-state index is 0.126. The Bertz CT molecular complexity index is 943. The molecule has 2 fully saturated rings. The number of benzene rings is 2. The van der Waals surface area contributed by atoms with Crippen molar-refractivity contribution in [1.82, 2.24) is 10.2 Å². The third-order valence-corrected chi connectivity index (χ3v) is 6.33. The summed E-state index contributed by atoms with van der Waals surface area (Å²) in [5.74, 6) is 0.0151. The molecule has 0 saturated carbocycles. The highest BCUT2D eigenvalue weighted by atomic mass is 35.5. The summed E-state index contributed by atoms with van der Waals surface area (Å²) in [7, 11) is 0. The fourth-order valence-corrected chi connectivity index (χ4v) is 4.64. The number of amides is 2. The molecule has 2 heterocycles. The number of carbonyl (C=O) groups excluding carboxylic acids is 2. The lowest BCUT2D eigenvalue weighted by atomic mass is 10.0. The maximum Gasteiger partial charge on any atom is 0.258 e. The van der Waals surface area contributed by atoms with Crippen molar-refractivity contribution < 1.29 is 18.7 Å². The van der Waals surface area contributed by atoms with Crippen LogP contribution < -0.4 is 15.0 Å². The monoisotopic (exact) mass is 459 g/mol. The molecule has 2 aromatic carbocycles. The zero-order valence-corrected chi connectivity index (χ0v) is 18.6. The highest BCUT2D eigenvalue weighted by Crippen LogP contribution is 2.32. The molecule has 32 heavy (non-hydrogen) atoms. The van der Waals surface area contributed by atoms with Crippen LogP contribution in [-0.4, -0.2) is 49.5 Å². The molecule has 8 heteroatoms. The molecule has 1 atom stereocenters. The average molecular weight is 460 g/mol. The second-order valence-electron chi connectivity index (χ2n) is 8.13. The van der Waals surface area contributed by atoms with Gasteiger partial charge in [0, 0.05) is 35.8 Å². The van der Waals surface area contributed by atoms with Crippen LogP contribution >= 0.6 is 11.6 Å². The molecule has 2 saturated heterocycles. The molecule has 0 spiro atoms. The maximum atomic E-state index is 14.5. The van der Waals surface area contributed by atoms with Crippen molar-refractivity contribution in [2.24, 2.45) is 0 Å². The van der Waals surface area contributed by atoms with Crippen molar-refractivity contribution in [2.75, 3.05) is 37.7 Å². The van der Waals surface area contributed by atoms with Gasteiger partial charge in [0.2, 0.25) is 5.91 Å². The number of halogens is 2. The molecule has 1 unspecified atom stereocenters. The summed E-state index contributed by atoms with van der Waals surface area (Å²) in [5, 5.41) is 3.23. The van der Waals surface area contributed by atoms with Crippen LogP contribution in [0.25, 0.3) is 0 Å². The van der Waals surface area contributed by atoms with Gasteiger partial charge in [-0.1, -0.05) is 17.7 Å². The molecule has 2 aliphatic rings. The molecule has 1 N–H and O–H groups in total. The van der Waals surface area contributed by atoms with Crippen LogP contribution in [0.15, 0.2) is 42.5 Å². The molecule has 2 amide bonds. The largest absolute Gasteiger partial charge is 0.484 e. The van der Waals surface area contributed by atoms with Crippen LogP contribution in [0.1, 0.15) is 37.3 Å². The van der Waals surface area contributed by atoms with E-state index in [2.05, 4.69) is 10.2 Å². The van der Waals surface area contributed by atoms with Gasteiger partial charge in [-0.3, -0.25) is 14.5 Å². The molecule has 0 aliphatic carbocycles. The van der Waals surface area contributed by atoms with Gasteiger partial charge in [-0.25, -0.2) is 4.39 Å². The van der Waals surface area contributed by atoms with Gasteiger partial charge in [0.1, 0.15) is 11.6 Å². The lowest BCUT2D eigenvalue weighted by Crippen LogP contribution is -2.39.